The minimum atomic E-state index is -3.67. The number of aryl methyl sites for hydroxylation is 1. The van der Waals surface area contributed by atoms with Crippen molar-refractivity contribution < 1.29 is 22.7 Å². The first kappa shape index (κ1) is 22.0. The Kier molecular flexibility index (Phi) is 6.81. The summed E-state index contributed by atoms with van der Waals surface area (Å²) >= 11 is 0. The van der Waals surface area contributed by atoms with Gasteiger partial charge in [0.1, 0.15) is 11.6 Å². The molecule has 0 bridgehead atoms. The zero-order chi connectivity index (χ0) is 21.1. The predicted molar refractivity (Wildman–Crippen MR) is 111 cm³/mol. The largest absolute Gasteiger partial charge is 0.461 e. The molecule has 0 amide bonds. The van der Waals surface area contributed by atoms with Crippen molar-refractivity contribution in [3.05, 3.63) is 41.3 Å². The summed E-state index contributed by atoms with van der Waals surface area (Å²) in [5, 5.41) is 1.15. The summed E-state index contributed by atoms with van der Waals surface area (Å²) in [6.07, 6.45) is 6.61. The van der Waals surface area contributed by atoms with Crippen molar-refractivity contribution in [3.8, 4) is 0 Å². The molecule has 1 heterocycles. The van der Waals surface area contributed by atoms with Gasteiger partial charge in [-0.05, 0) is 57.9 Å². The third kappa shape index (κ3) is 4.90. The first-order valence-electron chi connectivity index (χ1n) is 10.2. The van der Waals surface area contributed by atoms with Crippen molar-refractivity contribution in [1.29, 1.82) is 0 Å². The molecular weight excluding hydrogens is 390 g/mol. The van der Waals surface area contributed by atoms with Gasteiger partial charge in [0.2, 0.25) is 0 Å². The highest BCUT2D eigenvalue weighted by Gasteiger charge is 2.50. The summed E-state index contributed by atoms with van der Waals surface area (Å²) in [6.45, 7) is 2.44. The van der Waals surface area contributed by atoms with Crippen LogP contribution >= 0.6 is 0 Å². The monoisotopic (exact) mass is 421 g/mol. The lowest BCUT2D eigenvalue weighted by Crippen LogP contribution is -2.49. The summed E-state index contributed by atoms with van der Waals surface area (Å²) in [5.41, 5.74) is -0.158. The summed E-state index contributed by atoms with van der Waals surface area (Å²) in [7, 11) is -0.258. The van der Waals surface area contributed by atoms with Gasteiger partial charge in [-0.3, -0.25) is 4.90 Å². The summed E-state index contributed by atoms with van der Waals surface area (Å²) in [6, 6.07) is 6.68. The number of carbonyl (C=O) groups is 1. The van der Waals surface area contributed by atoms with Crippen molar-refractivity contribution in [3.63, 3.8) is 0 Å². The van der Waals surface area contributed by atoms with Crippen molar-refractivity contribution in [2.75, 3.05) is 20.7 Å². The van der Waals surface area contributed by atoms with Gasteiger partial charge in [0.05, 0.1) is 11.0 Å². The lowest BCUT2D eigenvalue weighted by Gasteiger charge is -2.33. The molecule has 0 spiro atoms. The topological polar surface area (TPSA) is 72.9 Å². The van der Waals surface area contributed by atoms with Gasteiger partial charge in [0, 0.05) is 25.5 Å². The molecule has 0 radical (unpaired) electrons. The minimum Gasteiger partial charge on any atom is -0.461 e. The Morgan fingerprint density at radius 3 is 2.38 bits per heavy atom. The highest BCUT2D eigenvalue weighted by Crippen LogP contribution is 2.34. The smallest absolute Gasteiger partial charge is 0.330 e. The van der Waals surface area contributed by atoms with E-state index < -0.39 is 15.4 Å². The molecule has 2 fully saturated rings. The predicted octanol–water partition coefficient (Wildman–Crippen LogP) is 3.25. The van der Waals surface area contributed by atoms with Gasteiger partial charge in [0.25, 0.3) is 0 Å². The van der Waals surface area contributed by atoms with Crippen LogP contribution in [0.15, 0.2) is 40.6 Å². The first-order chi connectivity index (χ1) is 13.8. The number of benzene rings is 1. The van der Waals surface area contributed by atoms with E-state index in [9.17, 15) is 13.2 Å². The molecule has 160 valence electrons. The van der Waals surface area contributed by atoms with Gasteiger partial charge in [-0.1, -0.05) is 24.1 Å². The van der Waals surface area contributed by atoms with Crippen LogP contribution in [-0.2, 0) is 24.1 Å². The zero-order valence-electron chi connectivity index (χ0n) is 17.5. The van der Waals surface area contributed by atoms with E-state index in [1.807, 2.05) is 18.9 Å². The molecule has 2 atom stereocenters. The molecule has 1 aliphatic carbocycles. The molecule has 29 heavy (non-hydrogen) atoms. The lowest BCUT2D eigenvalue weighted by atomic mass is 9.94. The first-order valence-corrected chi connectivity index (χ1v) is 11.8. The van der Waals surface area contributed by atoms with E-state index in [1.165, 1.54) is 12.5 Å². The SMILES string of the molecule is CO[C@H]1CN(C)[C@](/C=C/S(=O)(=O)c2ccc(C)cc2)(C(=O)OC2CCCCC2)C1. The van der Waals surface area contributed by atoms with Crippen LogP contribution in [0.2, 0.25) is 0 Å². The summed E-state index contributed by atoms with van der Waals surface area (Å²) in [4.78, 5) is 15.3. The number of esters is 1. The summed E-state index contributed by atoms with van der Waals surface area (Å²) in [5.74, 6) is -0.387. The number of hydrogen-bond donors (Lipinski definition) is 0. The normalized spacial score (nSPS) is 26.8. The molecule has 3 rings (SSSR count). The van der Waals surface area contributed by atoms with Crippen LogP contribution < -0.4 is 0 Å². The standard InChI is InChI=1S/C22H31NO5S/c1-17-9-11-20(12-10-17)29(25,26)14-13-22(15-19(27-3)16-23(22)2)21(24)28-18-7-5-4-6-8-18/h9-14,18-19H,4-8,15-16H2,1-3H3/b14-13+/t19-,22+/m1/s1. The number of rotatable bonds is 6. The Hall–Kier alpha value is -1.70. The Bertz CT molecular complexity index is 842. The van der Waals surface area contributed by atoms with Gasteiger partial charge in [0.15, 0.2) is 9.84 Å². The fourth-order valence-corrected chi connectivity index (χ4v) is 5.22. The van der Waals surface area contributed by atoms with Gasteiger partial charge >= 0.3 is 5.97 Å². The number of methoxy groups -OCH3 is 1. The fraction of sp³-hybridized carbons (Fsp3) is 0.591. The molecule has 7 heteroatoms. The zero-order valence-corrected chi connectivity index (χ0v) is 18.3. The summed E-state index contributed by atoms with van der Waals surface area (Å²) < 4.78 is 37.0. The van der Waals surface area contributed by atoms with Crippen LogP contribution in [0.5, 0.6) is 0 Å². The molecule has 1 saturated carbocycles. The van der Waals surface area contributed by atoms with Crippen molar-refractivity contribution in [2.45, 2.75) is 68.1 Å². The number of likely N-dealkylation sites (N-methyl/N-ethyl adjacent to an activating group) is 1. The molecule has 0 aromatic heterocycles. The van der Waals surface area contributed by atoms with E-state index in [1.54, 1.807) is 31.4 Å². The fourth-order valence-electron chi connectivity index (χ4n) is 4.14. The number of likely N-dealkylation sites (tertiary alicyclic amines) is 1. The quantitative estimate of drug-likeness (QED) is 0.657. The third-order valence-corrected chi connectivity index (χ3v) is 7.51. The molecule has 1 aromatic carbocycles. The number of sulfone groups is 1. The third-order valence-electron chi connectivity index (χ3n) is 6.08. The Morgan fingerprint density at radius 1 is 1.14 bits per heavy atom. The molecule has 0 unspecified atom stereocenters. The highest BCUT2D eigenvalue weighted by molar-refractivity contribution is 7.94. The maximum atomic E-state index is 13.2. The maximum Gasteiger partial charge on any atom is 0.330 e. The Labute approximate surface area is 173 Å². The van der Waals surface area contributed by atoms with E-state index in [0.29, 0.717) is 13.0 Å². The van der Waals surface area contributed by atoms with E-state index >= 15 is 0 Å². The van der Waals surface area contributed by atoms with Crippen LogP contribution in [0.25, 0.3) is 0 Å². The van der Waals surface area contributed by atoms with Crippen molar-refractivity contribution >= 4 is 15.8 Å². The Morgan fingerprint density at radius 2 is 1.79 bits per heavy atom. The van der Waals surface area contributed by atoms with Crippen molar-refractivity contribution in [1.82, 2.24) is 4.90 Å². The molecule has 6 nitrogen and oxygen atoms in total. The Balaban J connectivity index is 1.88. The van der Waals surface area contributed by atoms with E-state index in [-0.39, 0.29) is 23.1 Å². The van der Waals surface area contributed by atoms with E-state index in [2.05, 4.69) is 0 Å². The molecule has 0 N–H and O–H groups in total. The minimum absolute atomic E-state index is 0.0924. The van der Waals surface area contributed by atoms with Crippen LogP contribution in [0, 0.1) is 6.92 Å². The average molecular weight is 422 g/mol. The van der Waals surface area contributed by atoms with Crippen molar-refractivity contribution in [2.24, 2.45) is 0 Å². The number of carbonyl (C=O) groups excluding carboxylic acids is 1. The highest BCUT2D eigenvalue weighted by atomic mass is 32.2. The van der Waals surface area contributed by atoms with E-state index in [0.717, 1.165) is 36.7 Å². The van der Waals surface area contributed by atoms with Gasteiger partial charge in [-0.2, -0.15) is 0 Å². The van der Waals surface area contributed by atoms with Crippen LogP contribution in [-0.4, -0.2) is 57.7 Å². The number of nitrogens with zero attached hydrogens (tertiary/aromatic N) is 1. The van der Waals surface area contributed by atoms with Gasteiger partial charge < -0.3 is 9.47 Å². The average Bonchev–Trinajstić information content (AvgIpc) is 3.04. The van der Waals surface area contributed by atoms with Gasteiger partial charge in [-0.25, -0.2) is 13.2 Å². The van der Waals surface area contributed by atoms with Crippen LogP contribution in [0.1, 0.15) is 44.1 Å². The van der Waals surface area contributed by atoms with Crippen LogP contribution in [0.4, 0.5) is 0 Å². The molecule has 1 aromatic rings. The maximum absolute atomic E-state index is 13.2. The number of ether oxygens (including phenoxy) is 2. The second-order valence-electron chi connectivity index (χ2n) is 8.19. The molecule has 1 aliphatic heterocycles. The molecule has 1 saturated heterocycles. The molecule has 2 aliphatic rings. The second kappa shape index (κ2) is 8.98. The lowest BCUT2D eigenvalue weighted by molar-refractivity contribution is -0.160. The molecular formula is C22H31NO5S. The van der Waals surface area contributed by atoms with Crippen LogP contribution in [0.3, 0.4) is 0 Å². The van der Waals surface area contributed by atoms with Gasteiger partial charge in [-0.15, -0.1) is 0 Å². The second-order valence-corrected chi connectivity index (χ2v) is 10.0. The number of hydrogen-bond acceptors (Lipinski definition) is 6. The van der Waals surface area contributed by atoms with E-state index in [4.69, 9.17) is 9.47 Å².